The van der Waals surface area contributed by atoms with Crippen molar-refractivity contribution in [1.82, 2.24) is 15.6 Å². The van der Waals surface area contributed by atoms with Crippen molar-refractivity contribution in [3.8, 4) is 0 Å². The molecule has 1 fully saturated rings. The minimum Gasteiger partial charge on any atom is -0.337 e. The Hall–Kier alpha value is -1.47. The van der Waals surface area contributed by atoms with E-state index in [1.54, 1.807) is 6.92 Å². The highest BCUT2D eigenvalue weighted by atomic mass is 35.5. The van der Waals surface area contributed by atoms with Gasteiger partial charge in [0.25, 0.3) is 5.92 Å². The third-order valence-corrected chi connectivity index (χ3v) is 3.92. The number of halogens is 3. The van der Waals surface area contributed by atoms with Gasteiger partial charge in [-0.25, -0.2) is 13.6 Å². The van der Waals surface area contributed by atoms with E-state index in [1.165, 1.54) is 12.4 Å². The molecule has 1 aromatic heterocycles. The van der Waals surface area contributed by atoms with E-state index in [0.717, 1.165) is 0 Å². The van der Waals surface area contributed by atoms with Gasteiger partial charge in [0.2, 0.25) is 0 Å². The number of rotatable bonds is 3. The number of urea groups is 1. The first-order valence-corrected chi connectivity index (χ1v) is 7.01. The number of carbonyl (C=O) groups is 1. The summed E-state index contributed by atoms with van der Waals surface area (Å²) in [5.41, 5.74) is 1.13. The molecule has 8 heteroatoms. The Balaban J connectivity index is 1.89. The zero-order valence-corrected chi connectivity index (χ0v) is 12.3. The first-order chi connectivity index (χ1) is 9.90. The van der Waals surface area contributed by atoms with Crippen LogP contribution in [0.2, 0.25) is 5.02 Å². The molecule has 2 rings (SSSR count). The number of anilines is 1. The van der Waals surface area contributed by atoms with E-state index in [1.807, 2.05) is 0 Å². The predicted molar refractivity (Wildman–Crippen MR) is 76.9 cm³/mol. The second-order valence-electron chi connectivity index (χ2n) is 5.05. The van der Waals surface area contributed by atoms with Crippen molar-refractivity contribution in [2.75, 3.05) is 25.0 Å². The van der Waals surface area contributed by atoms with Gasteiger partial charge in [-0.05, 0) is 25.5 Å². The summed E-state index contributed by atoms with van der Waals surface area (Å²) in [7, 11) is 0. The van der Waals surface area contributed by atoms with Crippen LogP contribution in [-0.4, -0.2) is 36.6 Å². The smallest absolute Gasteiger partial charge is 0.319 e. The summed E-state index contributed by atoms with van der Waals surface area (Å²) in [5.74, 6) is -3.66. The van der Waals surface area contributed by atoms with Gasteiger partial charge < -0.3 is 16.0 Å². The quantitative estimate of drug-likeness (QED) is 0.802. The monoisotopic (exact) mass is 318 g/mol. The van der Waals surface area contributed by atoms with E-state index < -0.39 is 17.9 Å². The van der Waals surface area contributed by atoms with Crippen LogP contribution in [0.3, 0.4) is 0 Å². The molecular weight excluding hydrogens is 302 g/mol. The topological polar surface area (TPSA) is 66.0 Å². The number of carbonyl (C=O) groups excluding carboxylic acids is 1. The van der Waals surface area contributed by atoms with Gasteiger partial charge in [-0.1, -0.05) is 11.6 Å². The molecule has 21 heavy (non-hydrogen) atoms. The lowest BCUT2D eigenvalue weighted by molar-refractivity contribution is -0.0709. The van der Waals surface area contributed by atoms with Crippen molar-refractivity contribution < 1.29 is 13.6 Å². The molecule has 1 aromatic rings. The third-order valence-electron chi connectivity index (χ3n) is 3.54. The Morgan fingerprint density at radius 2 is 2.33 bits per heavy atom. The van der Waals surface area contributed by atoms with E-state index in [0.29, 0.717) is 29.2 Å². The van der Waals surface area contributed by atoms with Crippen molar-refractivity contribution in [2.45, 2.75) is 19.3 Å². The summed E-state index contributed by atoms with van der Waals surface area (Å²) in [6.07, 6.45) is 3.25. The molecular formula is C13H17ClF2N4O. The number of hydrogen-bond donors (Lipinski definition) is 3. The van der Waals surface area contributed by atoms with Crippen LogP contribution >= 0.6 is 11.6 Å². The van der Waals surface area contributed by atoms with Crippen LogP contribution in [0.1, 0.15) is 12.0 Å². The molecule has 0 bridgehead atoms. The molecule has 1 unspecified atom stereocenters. The van der Waals surface area contributed by atoms with Gasteiger partial charge in [0.15, 0.2) is 0 Å². The molecule has 5 nitrogen and oxygen atoms in total. The molecule has 0 radical (unpaired) electrons. The van der Waals surface area contributed by atoms with Crippen molar-refractivity contribution in [1.29, 1.82) is 0 Å². The fraction of sp³-hybridized carbons (Fsp3) is 0.538. The maximum Gasteiger partial charge on any atom is 0.319 e. The van der Waals surface area contributed by atoms with Gasteiger partial charge in [-0.2, -0.15) is 0 Å². The maximum atomic E-state index is 13.6. The average molecular weight is 319 g/mol. The molecule has 0 aliphatic carbocycles. The maximum absolute atomic E-state index is 13.6. The molecule has 0 spiro atoms. The highest BCUT2D eigenvalue weighted by Gasteiger charge is 2.41. The summed E-state index contributed by atoms with van der Waals surface area (Å²) >= 11 is 5.89. The number of hydrogen-bond acceptors (Lipinski definition) is 3. The summed E-state index contributed by atoms with van der Waals surface area (Å²) in [6.45, 7) is 1.84. The fourth-order valence-electron chi connectivity index (χ4n) is 2.15. The van der Waals surface area contributed by atoms with E-state index in [2.05, 4.69) is 20.9 Å². The van der Waals surface area contributed by atoms with Gasteiger partial charge in [0.05, 0.1) is 23.5 Å². The van der Waals surface area contributed by atoms with Crippen LogP contribution in [0.15, 0.2) is 12.4 Å². The van der Waals surface area contributed by atoms with Crippen molar-refractivity contribution in [2.24, 2.45) is 5.92 Å². The number of piperidine rings is 1. The minimum atomic E-state index is -2.81. The minimum absolute atomic E-state index is 0.0758. The Kier molecular flexibility index (Phi) is 4.95. The molecule has 2 heterocycles. The molecule has 0 saturated carbocycles. The van der Waals surface area contributed by atoms with E-state index in [-0.39, 0.29) is 13.1 Å². The summed E-state index contributed by atoms with van der Waals surface area (Å²) < 4.78 is 27.2. The van der Waals surface area contributed by atoms with Crippen LogP contribution in [0.5, 0.6) is 0 Å². The summed E-state index contributed by atoms with van der Waals surface area (Å²) in [4.78, 5) is 15.6. The van der Waals surface area contributed by atoms with Crippen molar-refractivity contribution in [3.05, 3.63) is 23.0 Å². The summed E-state index contributed by atoms with van der Waals surface area (Å²) in [5, 5.41) is 8.11. The summed E-state index contributed by atoms with van der Waals surface area (Å²) in [6, 6.07) is -0.545. The van der Waals surface area contributed by atoms with Crippen LogP contribution in [0.4, 0.5) is 19.3 Å². The highest BCUT2D eigenvalue weighted by molar-refractivity contribution is 6.31. The van der Waals surface area contributed by atoms with Crippen molar-refractivity contribution >= 4 is 23.3 Å². The Morgan fingerprint density at radius 1 is 1.57 bits per heavy atom. The highest BCUT2D eigenvalue weighted by Crippen LogP contribution is 2.28. The molecule has 1 saturated heterocycles. The van der Waals surface area contributed by atoms with E-state index in [9.17, 15) is 13.6 Å². The van der Waals surface area contributed by atoms with Crippen LogP contribution in [0.25, 0.3) is 0 Å². The largest absolute Gasteiger partial charge is 0.337 e. The lowest BCUT2D eigenvalue weighted by Crippen LogP contribution is -2.50. The number of pyridine rings is 1. The number of nitrogens with zero attached hydrogens (tertiary/aromatic N) is 1. The molecule has 2 amide bonds. The Labute approximate surface area is 126 Å². The molecule has 1 aliphatic heterocycles. The first kappa shape index (κ1) is 15.9. The predicted octanol–water partition coefficient (Wildman–Crippen LogP) is 2.41. The first-order valence-electron chi connectivity index (χ1n) is 6.63. The fourth-order valence-corrected chi connectivity index (χ4v) is 2.30. The number of nitrogens with one attached hydrogen (secondary N) is 3. The molecule has 0 aromatic carbocycles. The molecule has 3 N–H and O–H groups in total. The van der Waals surface area contributed by atoms with Gasteiger partial charge in [0.1, 0.15) is 0 Å². The number of alkyl halides is 2. The molecule has 116 valence electrons. The van der Waals surface area contributed by atoms with Gasteiger partial charge in [-0.3, -0.25) is 4.98 Å². The van der Waals surface area contributed by atoms with Crippen LogP contribution in [-0.2, 0) is 0 Å². The Bertz CT molecular complexity index is 527. The van der Waals surface area contributed by atoms with Crippen molar-refractivity contribution in [3.63, 3.8) is 0 Å². The standard InChI is InChI=1S/C13H17ClF2N4O/c1-8-10(14)5-18-6-11(8)20-12(21)19-4-9-2-3-17-7-13(9,15)16/h5-6,9,17H,2-4,7H2,1H3,(H2,19,20,21). The second-order valence-corrected chi connectivity index (χ2v) is 5.46. The van der Waals surface area contributed by atoms with Gasteiger partial charge in [-0.15, -0.1) is 0 Å². The molecule has 1 atom stereocenters. The van der Waals surface area contributed by atoms with Crippen LogP contribution < -0.4 is 16.0 Å². The third kappa shape index (κ3) is 4.01. The second kappa shape index (κ2) is 6.53. The molecule has 1 aliphatic rings. The Morgan fingerprint density at radius 3 is 3.05 bits per heavy atom. The van der Waals surface area contributed by atoms with E-state index in [4.69, 9.17) is 11.6 Å². The number of amides is 2. The lowest BCUT2D eigenvalue weighted by Gasteiger charge is -2.31. The van der Waals surface area contributed by atoms with Gasteiger partial charge >= 0.3 is 6.03 Å². The number of aromatic nitrogens is 1. The van der Waals surface area contributed by atoms with Crippen LogP contribution in [0, 0.1) is 12.8 Å². The van der Waals surface area contributed by atoms with Gasteiger partial charge in [0, 0.05) is 18.7 Å². The lowest BCUT2D eigenvalue weighted by atomic mass is 9.94. The average Bonchev–Trinajstić information content (AvgIpc) is 2.42. The van der Waals surface area contributed by atoms with E-state index >= 15 is 0 Å². The zero-order valence-electron chi connectivity index (χ0n) is 11.5. The zero-order chi connectivity index (χ0) is 15.5. The normalized spacial score (nSPS) is 20.9. The SMILES string of the molecule is Cc1c(Cl)cncc1NC(=O)NCC1CCNCC1(F)F.